The van der Waals surface area contributed by atoms with Gasteiger partial charge in [-0.05, 0) is 79.4 Å². The molecule has 2 heteroatoms. The zero-order valence-electron chi connectivity index (χ0n) is 13.6. The maximum atomic E-state index is 12.1. The Morgan fingerprint density at radius 1 is 0.952 bits per heavy atom. The maximum absolute atomic E-state index is 12.1. The summed E-state index contributed by atoms with van der Waals surface area (Å²) in [5.74, 6) is 3.51. The summed E-state index contributed by atoms with van der Waals surface area (Å²) >= 11 is 0. The summed E-state index contributed by atoms with van der Waals surface area (Å²) in [6.45, 7) is 4.77. The first-order valence-corrected chi connectivity index (χ1v) is 9.15. The zero-order valence-corrected chi connectivity index (χ0v) is 13.6. The van der Waals surface area contributed by atoms with Crippen molar-refractivity contribution in [3.8, 4) is 0 Å². The van der Waals surface area contributed by atoms with E-state index in [9.17, 15) is 9.90 Å². The third-order valence-corrected chi connectivity index (χ3v) is 8.36. The highest BCUT2D eigenvalue weighted by atomic mass is 16.3. The molecule has 0 heterocycles. The summed E-state index contributed by atoms with van der Waals surface area (Å²) in [4.78, 5) is 12.1. The van der Waals surface area contributed by atoms with Crippen molar-refractivity contribution in [2.24, 2.45) is 34.5 Å². The van der Waals surface area contributed by atoms with Crippen LogP contribution in [0.4, 0.5) is 0 Å². The molecule has 0 aromatic rings. The first kappa shape index (κ1) is 14.2. The van der Waals surface area contributed by atoms with E-state index in [0.717, 1.165) is 43.4 Å². The second-order valence-electron chi connectivity index (χ2n) is 9.05. The molecule has 0 aromatic carbocycles. The normalized spacial score (nSPS) is 56.5. The first-order valence-electron chi connectivity index (χ1n) is 9.15. The summed E-state index contributed by atoms with van der Waals surface area (Å²) in [5.41, 5.74) is 0.441. The fourth-order valence-electron chi connectivity index (χ4n) is 7.11. The van der Waals surface area contributed by atoms with Gasteiger partial charge in [0.25, 0.3) is 0 Å². The lowest BCUT2D eigenvalue weighted by Gasteiger charge is -2.59. The van der Waals surface area contributed by atoms with Crippen LogP contribution < -0.4 is 0 Å². The van der Waals surface area contributed by atoms with Crippen molar-refractivity contribution in [3.05, 3.63) is 0 Å². The number of carbonyl (C=O) groups is 1. The fourth-order valence-corrected chi connectivity index (χ4v) is 7.11. The van der Waals surface area contributed by atoms with E-state index in [1.165, 1.54) is 32.1 Å². The predicted octanol–water partition coefficient (Wildman–Crippen LogP) is 3.96. The van der Waals surface area contributed by atoms with Crippen molar-refractivity contribution in [1.82, 2.24) is 0 Å². The van der Waals surface area contributed by atoms with E-state index >= 15 is 0 Å². The van der Waals surface area contributed by atoms with Crippen LogP contribution in [0.25, 0.3) is 0 Å². The van der Waals surface area contributed by atoms with Crippen molar-refractivity contribution in [3.63, 3.8) is 0 Å². The molecule has 4 rings (SSSR count). The molecule has 2 nitrogen and oxygen atoms in total. The van der Waals surface area contributed by atoms with Crippen LogP contribution in [-0.4, -0.2) is 17.0 Å². The van der Waals surface area contributed by atoms with Gasteiger partial charge in [0.2, 0.25) is 0 Å². The predicted molar refractivity (Wildman–Crippen MR) is 82.7 cm³/mol. The third-order valence-electron chi connectivity index (χ3n) is 8.36. The van der Waals surface area contributed by atoms with E-state index < -0.39 is 0 Å². The number of Topliss-reactive ketones (excluding diaryl/α,β-unsaturated/α-hetero) is 1. The molecule has 0 saturated heterocycles. The summed E-state index contributed by atoms with van der Waals surface area (Å²) in [6, 6.07) is 0. The van der Waals surface area contributed by atoms with Crippen LogP contribution in [0, 0.1) is 34.5 Å². The number of hydrogen-bond acceptors (Lipinski definition) is 2. The summed E-state index contributed by atoms with van der Waals surface area (Å²) < 4.78 is 0. The summed E-state index contributed by atoms with van der Waals surface area (Å²) in [5, 5.41) is 10.5. The maximum Gasteiger partial charge on any atom is 0.133 e. The Morgan fingerprint density at radius 3 is 2.52 bits per heavy atom. The van der Waals surface area contributed by atoms with Crippen molar-refractivity contribution < 1.29 is 9.90 Å². The van der Waals surface area contributed by atoms with Crippen LogP contribution in [0.15, 0.2) is 0 Å². The first-order chi connectivity index (χ1) is 9.95. The molecule has 0 radical (unpaired) electrons. The lowest BCUT2D eigenvalue weighted by molar-refractivity contribution is -0.144. The van der Waals surface area contributed by atoms with Crippen LogP contribution in [-0.2, 0) is 4.79 Å². The molecule has 0 spiro atoms. The van der Waals surface area contributed by atoms with E-state index in [4.69, 9.17) is 0 Å². The average molecular weight is 290 g/mol. The number of aliphatic hydroxyl groups excluding tert-OH is 1. The molecular weight excluding hydrogens is 260 g/mol. The number of rotatable bonds is 0. The Balaban J connectivity index is 1.66. The molecule has 4 aliphatic rings. The van der Waals surface area contributed by atoms with Gasteiger partial charge >= 0.3 is 0 Å². The largest absolute Gasteiger partial charge is 0.393 e. The lowest BCUT2D eigenvalue weighted by Crippen LogP contribution is -2.54. The summed E-state index contributed by atoms with van der Waals surface area (Å²) in [7, 11) is 0. The zero-order chi connectivity index (χ0) is 14.8. The van der Waals surface area contributed by atoms with Gasteiger partial charge < -0.3 is 5.11 Å². The lowest BCUT2D eigenvalue weighted by atomic mass is 9.45. The van der Waals surface area contributed by atoms with Crippen LogP contribution in [0.2, 0.25) is 0 Å². The molecule has 1 N–H and O–H groups in total. The van der Waals surface area contributed by atoms with Gasteiger partial charge in [0.1, 0.15) is 5.78 Å². The molecular formula is C19H30O2. The molecule has 0 aliphatic heterocycles. The van der Waals surface area contributed by atoms with E-state index in [2.05, 4.69) is 13.8 Å². The average Bonchev–Trinajstić information content (AvgIpc) is 2.74. The van der Waals surface area contributed by atoms with E-state index in [-0.39, 0.29) is 16.9 Å². The number of fused-ring (bicyclic) bond motifs is 5. The molecule has 0 unspecified atom stereocenters. The Kier molecular flexibility index (Phi) is 3.10. The quantitative estimate of drug-likeness (QED) is 0.733. The van der Waals surface area contributed by atoms with Crippen LogP contribution in [0.3, 0.4) is 0 Å². The SMILES string of the molecule is C[C@]12CC(=O)CC[C@@H]1CC[C@H]1[C@H]2CC[C@@]2(C)[C@@H]1CC[C@@H]2O. The van der Waals surface area contributed by atoms with Gasteiger partial charge in [-0.3, -0.25) is 4.79 Å². The van der Waals surface area contributed by atoms with Crippen molar-refractivity contribution in [2.45, 2.75) is 77.7 Å². The molecule has 0 aromatic heterocycles. The molecule has 0 amide bonds. The van der Waals surface area contributed by atoms with Crippen molar-refractivity contribution in [1.29, 1.82) is 0 Å². The van der Waals surface area contributed by atoms with Gasteiger partial charge in [-0.25, -0.2) is 0 Å². The molecule has 7 atom stereocenters. The van der Waals surface area contributed by atoms with E-state index in [1.54, 1.807) is 0 Å². The Labute approximate surface area is 128 Å². The molecule has 0 bridgehead atoms. The number of ketones is 1. The molecule has 4 saturated carbocycles. The van der Waals surface area contributed by atoms with E-state index in [0.29, 0.717) is 11.7 Å². The number of hydrogen-bond donors (Lipinski definition) is 1. The van der Waals surface area contributed by atoms with Gasteiger partial charge in [0.05, 0.1) is 6.10 Å². The second kappa shape index (κ2) is 4.57. The van der Waals surface area contributed by atoms with Crippen LogP contribution in [0.1, 0.15) is 71.6 Å². The van der Waals surface area contributed by atoms with Crippen molar-refractivity contribution >= 4 is 5.78 Å². The Morgan fingerprint density at radius 2 is 1.71 bits per heavy atom. The number of aliphatic hydroxyl groups is 1. The minimum Gasteiger partial charge on any atom is -0.393 e. The highest BCUT2D eigenvalue weighted by Crippen LogP contribution is 2.65. The summed E-state index contributed by atoms with van der Waals surface area (Å²) in [6.07, 6.45) is 10.1. The monoisotopic (exact) mass is 290 g/mol. The van der Waals surface area contributed by atoms with Crippen LogP contribution >= 0.6 is 0 Å². The fraction of sp³-hybridized carbons (Fsp3) is 0.947. The molecule has 21 heavy (non-hydrogen) atoms. The highest BCUT2D eigenvalue weighted by Gasteiger charge is 2.60. The Bertz CT molecular complexity index is 458. The van der Waals surface area contributed by atoms with E-state index in [1.807, 2.05) is 0 Å². The standard InChI is InChI=1S/C19H30O2/c1-18-10-9-16-14(15(18)7-8-17(18)21)6-4-12-3-5-13(20)11-19(12,16)2/h12,14-17,21H,3-11H2,1-2H3/t12-,14-,15-,16-,17+,18+,19+/m1/s1. The van der Waals surface area contributed by atoms with Gasteiger partial charge in [-0.2, -0.15) is 0 Å². The molecule has 4 aliphatic carbocycles. The second-order valence-corrected chi connectivity index (χ2v) is 9.05. The third kappa shape index (κ3) is 1.84. The van der Waals surface area contributed by atoms with Gasteiger partial charge in [-0.1, -0.05) is 13.8 Å². The molecule has 118 valence electrons. The highest BCUT2D eigenvalue weighted by molar-refractivity contribution is 5.80. The molecule has 4 fully saturated rings. The number of carbonyl (C=O) groups excluding carboxylic acids is 1. The topological polar surface area (TPSA) is 37.3 Å². The Hall–Kier alpha value is -0.370. The smallest absolute Gasteiger partial charge is 0.133 e. The van der Waals surface area contributed by atoms with Gasteiger partial charge in [-0.15, -0.1) is 0 Å². The minimum absolute atomic E-state index is 0.0815. The van der Waals surface area contributed by atoms with Crippen LogP contribution in [0.5, 0.6) is 0 Å². The van der Waals surface area contributed by atoms with Crippen molar-refractivity contribution in [2.75, 3.05) is 0 Å². The van der Waals surface area contributed by atoms with Gasteiger partial charge in [0, 0.05) is 12.8 Å². The minimum atomic E-state index is -0.0815. The van der Waals surface area contributed by atoms with Gasteiger partial charge in [0.15, 0.2) is 0 Å².